The van der Waals surface area contributed by atoms with E-state index in [0.29, 0.717) is 31.7 Å². The van der Waals surface area contributed by atoms with E-state index in [-0.39, 0.29) is 17.7 Å². The molecule has 8 nitrogen and oxygen atoms in total. The molecule has 0 aromatic heterocycles. The molecule has 0 spiro atoms. The van der Waals surface area contributed by atoms with Crippen LogP contribution in [0.2, 0.25) is 0 Å². The molecule has 5 rings (SSSR count). The Morgan fingerprint density at radius 2 is 1.49 bits per heavy atom. The fourth-order valence-corrected chi connectivity index (χ4v) is 5.42. The zero-order chi connectivity index (χ0) is 27.6. The highest BCUT2D eigenvalue weighted by molar-refractivity contribution is 7.89. The Kier molecular flexibility index (Phi) is 7.67. The highest BCUT2D eigenvalue weighted by Gasteiger charge is 2.33. The second-order valence-corrected chi connectivity index (χ2v) is 11.7. The van der Waals surface area contributed by atoms with E-state index in [1.54, 1.807) is 9.62 Å². The lowest BCUT2D eigenvalue weighted by Crippen LogP contribution is -2.50. The SMILES string of the molecule is CS(=O)(=O)NC(=O)c1cc(C2CC2)c(OC(=O)N2CCN(C(c3ccccc3)c3ccccc3)CC2)cc1F. The van der Waals surface area contributed by atoms with Crippen LogP contribution in [-0.2, 0) is 10.0 Å². The summed E-state index contributed by atoms with van der Waals surface area (Å²) in [6.45, 7) is 2.12. The van der Waals surface area contributed by atoms with E-state index >= 15 is 0 Å². The number of carbonyl (C=O) groups is 2. The summed E-state index contributed by atoms with van der Waals surface area (Å²) in [6, 6.07) is 22.8. The first-order chi connectivity index (χ1) is 18.7. The van der Waals surface area contributed by atoms with Gasteiger partial charge in [-0.3, -0.25) is 9.69 Å². The van der Waals surface area contributed by atoms with Crippen LogP contribution in [0.3, 0.4) is 0 Å². The van der Waals surface area contributed by atoms with Crippen LogP contribution >= 0.6 is 0 Å². The molecule has 1 heterocycles. The molecule has 10 heteroatoms. The number of hydrogen-bond acceptors (Lipinski definition) is 6. The van der Waals surface area contributed by atoms with Gasteiger partial charge in [-0.1, -0.05) is 60.7 Å². The zero-order valence-electron chi connectivity index (χ0n) is 21.5. The fourth-order valence-electron chi connectivity index (χ4n) is 4.98. The summed E-state index contributed by atoms with van der Waals surface area (Å²) in [4.78, 5) is 29.3. The third-order valence-electron chi connectivity index (χ3n) is 7.00. The quantitative estimate of drug-likeness (QED) is 0.471. The van der Waals surface area contributed by atoms with Gasteiger partial charge in [-0.25, -0.2) is 22.3 Å². The van der Waals surface area contributed by atoms with Gasteiger partial charge in [0.2, 0.25) is 10.0 Å². The largest absolute Gasteiger partial charge is 0.415 e. The van der Waals surface area contributed by atoms with Gasteiger partial charge in [0.15, 0.2) is 0 Å². The monoisotopic (exact) mass is 551 g/mol. The second-order valence-electron chi connectivity index (χ2n) is 9.96. The third kappa shape index (κ3) is 6.46. The molecule has 39 heavy (non-hydrogen) atoms. The lowest BCUT2D eigenvalue weighted by atomic mass is 9.96. The Morgan fingerprint density at radius 1 is 0.923 bits per heavy atom. The first-order valence-electron chi connectivity index (χ1n) is 12.9. The molecule has 1 N–H and O–H groups in total. The Hall–Kier alpha value is -3.76. The Labute approximate surface area is 227 Å². The van der Waals surface area contributed by atoms with E-state index in [1.165, 1.54) is 17.2 Å². The van der Waals surface area contributed by atoms with Crippen LogP contribution in [0.15, 0.2) is 72.8 Å². The average molecular weight is 552 g/mol. The van der Waals surface area contributed by atoms with Crippen molar-refractivity contribution in [2.45, 2.75) is 24.8 Å². The smallest absolute Gasteiger partial charge is 0.410 e. The van der Waals surface area contributed by atoms with Gasteiger partial charge in [0.05, 0.1) is 17.9 Å². The molecule has 1 saturated heterocycles. The van der Waals surface area contributed by atoms with Crippen molar-refractivity contribution in [2.24, 2.45) is 0 Å². The Balaban J connectivity index is 1.29. The number of carbonyl (C=O) groups excluding carboxylic acids is 2. The molecule has 0 bridgehead atoms. The van der Waals surface area contributed by atoms with Crippen LogP contribution in [0.1, 0.15) is 51.8 Å². The lowest BCUT2D eigenvalue weighted by molar-refractivity contribution is 0.0972. The zero-order valence-corrected chi connectivity index (χ0v) is 22.4. The molecular weight excluding hydrogens is 521 g/mol. The summed E-state index contributed by atoms with van der Waals surface area (Å²) >= 11 is 0. The molecule has 0 radical (unpaired) electrons. The summed E-state index contributed by atoms with van der Waals surface area (Å²) in [5, 5.41) is 0. The molecule has 0 atom stereocenters. The molecule has 204 valence electrons. The van der Waals surface area contributed by atoms with Gasteiger partial charge in [0, 0.05) is 32.2 Å². The van der Waals surface area contributed by atoms with Gasteiger partial charge in [-0.05, 0) is 41.5 Å². The van der Waals surface area contributed by atoms with Gasteiger partial charge >= 0.3 is 6.09 Å². The highest BCUT2D eigenvalue weighted by atomic mass is 32.2. The average Bonchev–Trinajstić information content (AvgIpc) is 3.75. The molecule has 1 aliphatic carbocycles. The van der Waals surface area contributed by atoms with E-state index in [9.17, 15) is 22.4 Å². The van der Waals surface area contributed by atoms with E-state index < -0.39 is 33.4 Å². The topological polar surface area (TPSA) is 96.0 Å². The van der Waals surface area contributed by atoms with Crippen molar-refractivity contribution < 1.29 is 27.1 Å². The predicted octanol–water partition coefficient (Wildman–Crippen LogP) is 4.30. The van der Waals surface area contributed by atoms with Crippen molar-refractivity contribution in [2.75, 3.05) is 32.4 Å². The molecule has 3 aromatic carbocycles. The molecular formula is C29H30FN3O5S. The minimum Gasteiger partial charge on any atom is -0.410 e. The number of rotatable bonds is 7. The number of hydrogen-bond donors (Lipinski definition) is 1. The fraction of sp³-hybridized carbons (Fsp3) is 0.310. The highest BCUT2D eigenvalue weighted by Crippen LogP contribution is 2.45. The van der Waals surface area contributed by atoms with Crippen molar-refractivity contribution in [3.05, 3.63) is 101 Å². The summed E-state index contributed by atoms with van der Waals surface area (Å²) in [7, 11) is -3.86. The normalized spacial score (nSPS) is 16.2. The van der Waals surface area contributed by atoms with Crippen molar-refractivity contribution in [3.8, 4) is 5.75 Å². The minimum atomic E-state index is -3.86. The van der Waals surface area contributed by atoms with Crippen molar-refractivity contribution in [1.82, 2.24) is 14.5 Å². The molecule has 2 fully saturated rings. The Bertz CT molecular complexity index is 1420. The van der Waals surface area contributed by atoms with Gasteiger partial charge < -0.3 is 9.64 Å². The van der Waals surface area contributed by atoms with E-state index in [4.69, 9.17) is 4.74 Å². The summed E-state index contributed by atoms with van der Waals surface area (Å²) in [6.07, 6.45) is 1.85. The second kappa shape index (κ2) is 11.2. The van der Waals surface area contributed by atoms with Crippen molar-refractivity contribution >= 4 is 22.0 Å². The van der Waals surface area contributed by atoms with Gasteiger partial charge in [-0.2, -0.15) is 0 Å². The number of nitrogens with one attached hydrogen (secondary N) is 1. The molecule has 2 aliphatic rings. The molecule has 0 unspecified atom stereocenters. The Morgan fingerprint density at radius 3 is 2.00 bits per heavy atom. The van der Waals surface area contributed by atoms with Crippen molar-refractivity contribution in [1.29, 1.82) is 0 Å². The van der Waals surface area contributed by atoms with Gasteiger partial charge in [-0.15, -0.1) is 0 Å². The van der Waals surface area contributed by atoms with Crippen LogP contribution in [0, 0.1) is 5.82 Å². The first-order valence-corrected chi connectivity index (χ1v) is 14.7. The number of benzene rings is 3. The molecule has 3 aromatic rings. The maximum Gasteiger partial charge on any atom is 0.415 e. The van der Waals surface area contributed by atoms with Gasteiger partial charge in [0.1, 0.15) is 11.6 Å². The molecule has 1 aliphatic heterocycles. The summed E-state index contributed by atoms with van der Waals surface area (Å²) < 4.78 is 45.1. The van der Waals surface area contributed by atoms with E-state index in [1.807, 2.05) is 36.4 Å². The van der Waals surface area contributed by atoms with Crippen LogP contribution in [0.5, 0.6) is 5.75 Å². The van der Waals surface area contributed by atoms with E-state index in [0.717, 1.165) is 25.2 Å². The maximum absolute atomic E-state index is 14.8. The standard InChI is InChI=1S/C29H30FN3O5S/c1-39(36,37)31-28(34)24-18-23(20-12-13-20)26(19-25(24)30)38-29(35)33-16-14-32(15-17-33)27(21-8-4-2-5-9-21)22-10-6-3-7-11-22/h2-11,18-20,27H,12-17H2,1H3,(H,31,34). The summed E-state index contributed by atoms with van der Waals surface area (Å²) in [5.41, 5.74) is 2.47. The maximum atomic E-state index is 14.8. The number of halogens is 1. The van der Waals surface area contributed by atoms with Crippen molar-refractivity contribution in [3.63, 3.8) is 0 Å². The number of piperazine rings is 1. The molecule has 2 amide bonds. The summed E-state index contributed by atoms with van der Waals surface area (Å²) in [5.74, 6) is -1.93. The minimum absolute atomic E-state index is 0.0209. The van der Waals surface area contributed by atoms with Crippen LogP contribution in [0.25, 0.3) is 0 Å². The predicted molar refractivity (Wildman–Crippen MR) is 145 cm³/mol. The van der Waals surface area contributed by atoms with E-state index in [2.05, 4.69) is 29.2 Å². The lowest BCUT2D eigenvalue weighted by Gasteiger charge is -2.39. The first kappa shape index (κ1) is 26.8. The third-order valence-corrected chi connectivity index (χ3v) is 7.56. The molecule has 1 saturated carbocycles. The number of sulfonamides is 1. The number of nitrogens with zero attached hydrogens (tertiary/aromatic N) is 2. The van der Waals surface area contributed by atoms with Crippen LogP contribution < -0.4 is 9.46 Å². The number of amides is 2. The van der Waals surface area contributed by atoms with Crippen LogP contribution in [0.4, 0.5) is 9.18 Å². The number of ether oxygens (including phenoxy) is 1. The van der Waals surface area contributed by atoms with Crippen LogP contribution in [-0.4, -0.2) is 62.7 Å². The van der Waals surface area contributed by atoms with Gasteiger partial charge in [0.25, 0.3) is 5.91 Å².